The molecule has 3 saturated heterocycles. The van der Waals surface area contributed by atoms with Crippen LogP contribution in [0, 0.1) is 5.92 Å². The summed E-state index contributed by atoms with van der Waals surface area (Å²) in [5.41, 5.74) is -0.00769. The van der Waals surface area contributed by atoms with Gasteiger partial charge in [0.1, 0.15) is 36.1 Å². The molecule has 6 N–H and O–H groups in total. The number of phenolic OH excluding ortho intramolecular Hbond substituents is 1. The molecule has 0 aliphatic carbocycles. The Morgan fingerprint density at radius 1 is 0.895 bits per heavy atom. The van der Waals surface area contributed by atoms with Gasteiger partial charge in [-0.05, 0) is 35.4 Å². The van der Waals surface area contributed by atoms with Crippen molar-refractivity contribution >= 4 is 0 Å². The highest BCUT2D eigenvalue weighted by atomic mass is 16.7. The molecule has 9 atom stereocenters. The van der Waals surface area contributed by atoms with Gasteiger partial charge in [-0.3, -0.25) is 0 Å². The highest BCUT2D eigenvalue weighted by Gasteiger charge is 2.59. The van der Waals surface area contributed by atoms with E-state index in [0.717, 1.165) is 5.56 Å². The first-order valence-electron chi connectivity index (χ1n) is 12.2. The SMILES string of the molecule is COc1cc([C@@H]2OC[C@@]3(O)[C@@H](c4ccc(O[C@H]5O[C@H](CO)[C@@H](O)[C@H](O)[C@H]5O)c(OC)c4)OC[C@H]23)ccc1O. The number of aliphatic hydroxyl groups is 5. The zero-order valence-electron chi connectivity index (χ0n) is 20.8. The van der Waals surface area contributed by atoms with Gasteiger partial charge in [-0.2, -0.15) is 0 Å². The van der Waals surface area contributed by atoms with Crippen molar-refractivity contribution in [2.24, 2.45) is 5.92 Å². The predicted octanol–water partition coefficient (Wildman–Crippen LogP) is -0.222. The average molecular weight is 537 g/mol. The zero-order valence-corrected chi connectivity index (χ0v) is 20.8. The molecular weight excluding hydrogens is 504 g/mol. The zero-order chi connectivity index (χ0) is 27.2. The average Bonchev–Trinajstić information content (AvgIpc) is 3.43. The van der Waals surface area contributed by atoms with E-state index in [1.54, 1.807) is 30.3 Å². The van der Waals surface area contributed by atoms with Crippen LogP contribution < -0.4 is 14.2 Å². The van der Waals surface area contributed by atoms with Crippen LogP contribution in [0.25, 0.3) is 0 Å². The van der Waals surface area contributed by atoms with Crippen molar-refractivity contribution in [2.45, 2.75) is 48.5 Å². The molecule has 5 rings (SSSR count). The first kappa shape index (κ1) is 26.9. The van der Waals surface area contributed by atoms with E-state index in [0.29, 0.717) is 11.3 Å². The maximum Gasteiger partial charge on any atom is 0.229 e. The van der Waals surface area contributed by atoms with E-state index < -0.39 is 61.0 Å². The summed E-state index contributed by atoms with van der Waals surface area (Å²) in [4.78, 5) is 0. The molecule has 0 bridgehead atoms. The highest BCUT2D eigenvalue weighted by molar-refractivity contribution is 5.46. The Morgan fingerprint density at radius 2 is 1.61 bits per heavy atom. The summed E-state index contributed by atoms with van der Waals surface area (Å²) in [6.07, 6.45) is -8.39. The van der Waals surface area contributed by atoms with Crippen LogP contribution in [0.15, 0.2) is 36.4 Å². The molecule has 0 unspecified atom stereocenters. The quantitative estimate of drug-likeness (QED) is 0.275. The van der Waals surface area contributed by atoms with Gasteiger partial charge >= 0.3 is 0 Å². The van der Waals surface area contributed by atoms with E-state index in [1.807, 2.05) is 0 Å². The monoisotopic (exact) mass is 536 g/mol. The van der Waals surface area contributed by atoms with Crippen LogP contribution in [0.2, 0.25) is 0 Å². The minimum Gasteiger partial charge on any atom is -0.504 e. The number of methoxy groups -OCH3 is 2. The van der Waals surface area contributed by atoms with Crippen LogP contribution >= 0.6 is 0 Å². The van der Waals surface area contributed by atoms with E-state index >= 15 is 0 Å². The summed E-state index contributed by atoms with van der Waals surface area (Å²) in [7, 11) is 2.87. The summed E-state index contributed by atoms with van der Waals surface area (Å²) < 4.78 is 33.9. The Labute approximate surface area is 218 Å². The number of phenols is 1. The fourth-order valence-corrected chi connectivity index (χ4v) is 5.37. The van der Waals surface area contributed by atoms with Gasteiger partial charge in [-0.25, -0.2) is 0 Å². The Bertz CT molecular complexity index is 1140. The lowest BCUT2D eigenvalue weighted by Crippen LogP contribution is -2.60. The van der Waals surface area contributed by atoms with E-state index in [1.165, 1.54) is 20.3 Å². The third-order valence-corrected chi connectivity index (χ3v) is 7.51. The van der Waals surface area contributed by atoms with Gasteiger partial charge in [0.15, 0.2) is 23.0 Å². The summed E-state index contributed by atoms with van der Waals surface area (Å²) in [5, 5.41) is 61.3. The standard InChI is InChI=1S/C26H32O12/c1-33-17-7-12(3-5-15(17)28)23-14-10-35-24(26(14,32)11-36-23)13-4-6-16(18(8-13)34-2)37-25-22(31)21(30)20(29)19(9-27)38-25/h3-8,14,19-25,27-32H,9-11H2,1-2H3/t14-,19-,20-,21+,22-,23+,24-,25+,26+/m1/s1. The molecule has 0 radical (unpaired) electrons. The molecule has 0 saturated carbocycles. The van der Waals surface area contributed by atoms with Crippen LogP contribution in [-0.2, 0) is 14.2 Å². The van der Waals surface area contributed by atoms with Gasteiger partial charge in [0.2, 0.25) is 6.29 Å². The Hall–Kier alpha value is -2.68. The lowest BCUT2D eigenvalue weighted by molar-refractivity contribution is -0.277. The van der Waals surface area contributed by atoms with Crippen molar-refractivity contribution < 1.29 is 59.1 Å². The van der Waals surface area contributed by atoms with Crippen molar-refractivity contribution in [3.8, 4) is 23.0 Å². The van der Waals surface area contributed by atoms with Crippen LogP contribution in [0.1, 0.15) is 23.3 Å². The molecule has 0 spiro atoms. The van der Waals surface area contributed by atoms with E-state index in [4.69, 9.17) is 28.4 Å². The molecule has 2 aromatic rings. The Balaban J connectivity index is 1.36. The minimum absolute atomic E-state index is 0.00294. The van der Waals surface area contributed by atoms with Crippen molar-refractivity contribution in [1.29, 1.82) is 0 Å². The van der Waals surface area contributed by atoms with Crippen LogP contribution in [0.4, 0.5) is 0 Å². The number of aromatic hydroxyl groups is 1. The highest BCUT2D eigenvalue weighted by Crippen LogP contribution is 2.54. The number of aliphatic hydroxyl groups excluding tert-OH is 4. The fourth-order valence-electron chi connectivity index (χ4n) is 5.37. The molecule has 3 fully saturated rings. The van der Waals surface area contributed by atoms with Crippen LogP contribution in [0.3, 0.4) is 0 Å². The normalized spacial score (nSPS) is 36.6. The summed E-state index contributed by atoms with van der Waals surface area (Å²) in [6.45, 7) is -0.346. The number of ether oxygens (including phenoxy) is 6. The second-order valence-corrected chi connectivity index (χ2v) is 9.70. The number of benzene rings is 2. The van der Waals surface area contributed by atoms with Crippen molar-refractivity contribution in [2.75, 3.05) is 34.0 Å². The second-order valence-electron chi connectivity index (χ2n) is 9.70. The molecule has 3 aliphatic heterocycles. The summed E-state index contributed by atoms with van der Waals surface area (Å²) >= 11 is 0. The predicted molar refractivity (Wildman–Crippen MR) is 128 cm³/mol. The summed E-state index contributed by atoms with van der Waals surface area (Å²) in [5.74, 6) is 0.324. The molecular formula is C26H32O12. The molecule has 3 heterocycles. The van der Waals surface area contributed by atoms with Crippen molar-refractivity contribution in [3.05, 3.63) is 47.5 Å². The first-order valence-corrected chi connectivity index (χ1v) is 12.2. The third kappa shape index (κ3) is 4.46. The van der Waals surface area contributed by atoms with Gasteiger partial charge in [-0.15, -0.1) is 0 Å². The molecule has 12 nitrogen and oxygen atoms in total. The van der Waals surface area contributed by atoms with Gasteiger partial charge in [0.25, 0.3) is 0 Å². The lowest BCUT2D eigenvalue weighted by atomic mass is 9.81. The lowest BCUT2D eigenvalue weighted by Gasteiger charge is -2.39. The minimum atomic E-state index is -1.59. The van der Waals surface area contributed by atoms with Crippen LogP contribution in [-0.4, -0.2) is 101 Å². The number of fused-ring (bicyclic) bond motifs is 1. The Kier molecular flexibility index (Phi) is 7.42. The third-order valence-electron chi connectivity index (χ3n) is 7.51. The van der Waals surface area contributed by atoms with Crippen molar-refractivity contribution in [1.82, 2.24) is 0 Å². The molecule has 0 aromatic heterocycles. The molecule has 12 heteroatoms. The van der Waals surface area contributed by atoms with E-state index in [2.05, 4.69) is 0 Å². The molecule has 3 aliphatic rings. The molecule has 0 amide bonds. The Morgan fingerprint density at radius 3 is 2.32 bits per heavy atom. The summed E-state index contributed by atoms with van der Waals surface area (Å²) in [6, 6.07) is 9.75. The fraction of sp³-hybridized carbons (Fsp3) is 0.538. The smallest absolute Gasteiger partial charge is 0.229 e. The molecule has 2 aromatic carbocycles. The van der Waals surface area contributed by atoms with Crippen LogP contribution in [0.5, 0.6) is 23.0 Å². The molecule has 208 valence electrons. The number of hydrogen-bond donors (Lipinski definition) is 6. The largest absolute Gasteiger partial charge is 0.504 e. The maximum atomic E-state index is 11.7. The maximum absolute atomic E-state index is 11.7. The van der Waals surface area contributed by atoms with Gasteiger partial charge < -0.3 is 59.1 Å². The number of hydrogen-bond acceptors (Lipinski definition) is 12. The van der Waals surface area contributed by atoms with E-state index in [9.17, 15) is 30.6 Å². The number of rotatable bonds is 7. The second kappa shape index (κ2) is 10.5. The van der Waals surface area contributed by atoms with Gasteiger partial charge in [0.05, 0.1) is 40.1 Å². The topological polar surface area (TPSA) is 177 Å². The van der Waals surface area contributed by atoms with Gasteiger partial charge in [0, 0.05) is 5.92 Å². The first-order chi connectivity index (χ1) is 18.2. The van der Waals surface area contributed by atoms with Gasteiger partial charge in [-0.1, -0.05) is 12.1 Å². The van der Waals surface area contributed by atoms with Crippen molar-refractivity contribution in [3.63, 3.8) is 0 Å². The molecule has 38 heavy (non-hydrogen) atoms. The van der Waals surface area contributed by atoms with E-state index in [-0.39, 0.29) is 30.5 Å².